The first-order valence-electron chi connectivity index (χ1n) is 13.4. The quantitative estimate of drug-likeness (QED) is 0.344. The summed E-state index contributed by atoms with van der Waals surface area (Å²) >= 11 is 1.21. The third kappa shape index (κ3) is 5.66. The maximum atomic E-state index is 13.5. The highest BCUT2D eigenvalue weighted by atomic mass is 32.2. The molecule has 3 fully saturated rings. The zero-order valence-corrected chi connectivity index (χ0v) is 23.8. The number of hydrogen-bond acceptors (Lipinski definition) is 11. The van der Waals surface area contributed by atoms with Crippen LogP contribution in [-0.2, 0) is 14.8 Å². The van der Waals surface area contributed by atoms with Gasteiger partial charge in [-0.3, -0.25) is 24.4 Å². The molecule has 14 heteroatoms. The van der Waals surface area contributed by atoms with Crippen molar-refractivity contribution < 1.29 is 22.7 Å². The Morgan fingerprint density at radius 2 is 2.12 bits per heavy atom. The lowest BCUT2D eigenvalue weighted by molar-refractivity contribution is 0.00696. The number of nitrogens with one attached hydrogen (secondary N) is 2. The summed E-state index contributed by atoms with van der Waals surface area (Å²) in [5.74, 6) is 0.0499. The van der Waals surface area contributed by atoms with Gasteiger partial charge < -0.3 is 14.8 Å². The smallest absolute Gasteiger partial charge is 0.280 e. The van der Waals surface area contributed by atoms with Gasteiger partial charge in [0.15, 0.2) is 5.01 Å². The van der Waals surface area contributed by atoms with Crippen LogP contribution in [0.15, 0.2) is 36.9 Å². The molecule has 1 saturated carbocycles. The zero-order chi connectivity index (χ0) is 27.9. The van der Waals surface area contributed by atoms with E-state index in [1.807, 2.05) is 6.92 Å². The lowest BCUT2D eigenvalue weighted by Crippen LogP contribution is -2.49. The molecule has 0 radical (unpaired) electrons. The first-order valence-corrected chi connectivity index (χ1v) is 15.7. The van der Waals surface area contributed by atoms with Crippen molar-refractivity contribution in [1.29, 1.82) is 0 Å². The van der Waals surface area contributed by atoms with Crippen LogP contribution >= 0.6 is 11.3 Å². The van der Waals surface area contributed by atoms with E-state index in [4.69, 9.17) is 9.47 Å². The Morgan fingerprint density at radius 3 is 2.85 bits per heavy atom. The third-order valence-electron chi connectivity index (χ3n) is 7.41. The minimum absolute atomic E-state index is 0.126. The number of sulfonamides is 1. The molecule has 2 N–H and O–H groups in total. The molecule has 212 valence electrons. The van der Waals surface area contributed by atoms with Gasteiger partial charge in [0.05, 0.1) is 59.3 Å². The van der Waals surface area contributed by atoms with E-state index in [1.165, 1.54) is 17.5 Å². The van der Waals surface area contributed by atoms with Gasteiger partial charge in [-0.05, 0) is 45.2 Å². The maximum Gasteiger partial charge on any atom is 0.280 e. The van der Waals surface area contributed by atoms with Crippen molar-refractivity contribution in [1.82, 2.24) is 30.2 Å². The van der Waals surface area contributed by atoms with Crippen LogP contribution in [0.5, 0.6) is 5.88 Å². The standard InChI is InChI=1S/C26H31N7O5S2/c1-3-37-23-12-27-10-21(30-23)22-11-29-26(39-22)25(34)31-24(15(2)33-13-18-9-17(33)14-38-18)20-8-16(6-7-28-20)32-40(35,36)19-4-5-19/h6-8,10-12,15,17-19,24H,3-5,9,13-14H2,1-2H3,(H,28,32)(H,31,34)/t15-,17+,18+,24+/m0/s1. The number of fused-ring (bicyclic) bond motifs is 2. The third-order valence-corrected chi connectivity index (χ3v) is 10.3. The Morgan fingerprint density at radius 1 is 1.27 bits per heavy atom. The van der Waals surface area contributed by atoms with Gasteiger partial charge in [0.25, 0.3) is 5.91 Å². The average Bonchev–Trinajstić information content (AvgIpc) is 3.35. The van der Waals surface area contributed by atoms with Gasteiger partial charge in [0, 0.05) is 31.0 Å². The van der Waals surface area contributed by atoms with Crippen LogP contribution in [0, 0.1) is 0 Å². The largest absolute Gasteiger partial charge is 0.477 e. The summed E-state index contributed by atoms with van der Waals surface area (Å²) in [4.78, 5) is 34.1. The number of nitrogens with zero attached hydrogens (tertiary/aromatic N) is 5. The van der Waals surface area contributed by atoms with Crippen LogP contribution in [0.1, 0.15) is 54.6 Å². The fourth-order valence-electron chi connectivity index (χ4n) is 5.25. The molecule has 3 aromatic heterocycles. The minimum Gasteiger partial charge on any atom is -0.477 e. The highest BCUT2D eigenvalue weighted by molar-refractivity contribution is 7.93. The van der Waals surface area contributed by atoms with Gasteiger partial charge in [-0.1, -0.05) is 0 Å². The lowest BCUT2D eigenvalue weighted by Gasteiger charge is -2.37. The summed E-state index contributed by atoms with van der Waals surface area (Å²) in [7, 11) is -3.44. The fraction of sp³-hybridized carbons (Fsp3) is 0.500. The summed E-state index contributed by atoms with van der Waals surface area (Å²) in [5.41, 5.74) is 1.56. The Bertz CT molecular complexity index is 1500. The van der Waals surface area contributed by atoms with Crippen molar-refractivity contribution in [2.45, 2.75) is 62.6 Å². The van der Waals surface area contributed by atoms with E-state index in [0.717, 1.165) is 13.0 Å². The molecular formula is C26H31N7O5S2. The molecular weight excluding hydrogens is 554 g/mol. The molecule has 0 spiro atoms. The van der Waals surface area contributed by atoms with E-state index in [9.17, 15) is 13.2 Å². The number of pyridine rings is 1. The molecule has 1 aliphatic carbocycles. The highest BCUT2D eigenvalue weighted by Crippen LogP contribution is 2.35. The Hall–Kier alpha value is -3.20. The molecule has 2 aliphatic heterocycles. The first-order chi connectivity index (χ1) is 19.3. The lowest BCUT2D eigenvalue weighted by atomic mass is 10.0. The van der Waals surface area contributed by atoms with Gasteiger partial charge in [0.2, 0.25) is 15.9 Å². The zero-order valence-electron chi connectivity index (χ0n) is 22.2. The highest BCUT2D eigenvalue weighted by Gasteiger charge is 2.44. The molecule has 12 nitrogen and oxygen atoms in total. The Balaban J connectivity index is 1.25. The van der Waals surface area contributed by atoms with Gasteiger partial charge in [-0.2, -0.15) is 0 Å². The number of hydrogen-bond donors (Lipinski definition) is 2. The Kier molecular flexibility index (Phi) is 7.42. The molecule has 5 heterocycles. The summed E-state index contributed by atoms with van der Waals surface area (Å²) in [6.45, 7) is 5.81. The summed E-state index contributed by atoms with van der Waals surface area (Å²) < 4.78 is 39.0. The van der Waals surface area contributed by atoms with Gasteiger partial charge in [0.1, 0.15) is 5.69 Å². The van der Waals surface area contributed by atoms with Crippen molar-refractivity contribution in [3.8, 4) is 16.5 Å². The average molecular weight is 586 g/mol. The van der Waals surface area contributed by atoms with E-state index in [1.54, 1.807) is 30.7 Å². The molecule has 3 aromatic rings. The van der Waals surface area contributed by atoms with Gasteiger partial charge >= 0.3 is 0 Å². The second-order valence-corrected chi connectivity index (χ2v) is 13.2. The van der Waals surface area contributed by atoms with Crippen molar-refractivity contribution in [2.75, 3.05) is 24.5 Å². The number of rotatable bonds is 11. The molecule has 1 amide bonds. The van der Waals surface area contributed by atoms with E-state index in [0.29, 0.717) is 53.9 Å². The van der Waals surface area contributed by atoms with Gasteiger partial charge in [-0.25, -0.2) is 18.4 Å². The second-order valence-electron chi connectivity index (χ2n) is 10.3. The van der Waals surface area contributed by atoms with Gasteiger partial charge in [-0.15, -0.1) is 11.3 Å². The molecule has 2 saturated heterocycles. The number of aromatic nitrogens is 4. The number of anilines is 1. The SMILES string of the molecule is CCOc1cncc(-c2cnc(C(=O)N[C@@H](c3cc(NS(=O)(=O)C4CC4)ccn3)[C@H](C)N3C[C@H]4C[C@@H]3CO4)s2)n1. The number of thiazole rings is 1. The monoisotopic (exact) mass is 585 g/mol. The Labute approximate surface area is 236 Å². The fourth-order valence-corrected chi connectivity index (χ4v) is 7.41. The van der Waals surface area contributed by atoms with Crippen LogP contribution in [0.4, 0.5) is 5.69 Å². The maximum absolute atomic E-state index is 13.5. The first kappa shape index (κ1) is 27.0. The van der Waals surface area contributed by atoms with Crippen LogP contribution in [0.25, 0.3) is 10.6 Å². The van der Waals surface area contributed by atoms with Crippen molar-refractivity contribution >= 4 is 33.0 Å². The van der Waals surface area contributed by atoms with Crippen LogP contribution < -0.4 is 14.8 Å². The topological polar surface area (TPSA) is 149 Å². The minimum atomic E-state index is -3.44. The number of morpholine rings is 1. The van der Waals surface area contributed by atoms with E-state index >= 15 is 0 Å². The molecule has 6 rings (SSSR count). The van der Waals surface area contributed by atoms with Crippen molar-refractivity contribution in [3.63, 3.8) is 0 Å². The summed E-state index contributed by atoms with van der Waals surface area (Å²) in [6.07, 6.45) is 8.78. The predicted octanol–water partition coefficient (Wildman–Crippen LogP) is 2.63. The molecule has 2 bridgehead atoms. The van der Waals surface area contributed by atoms with E-state index < -0.39 is 16.1 Å². The van der Waals surface area contributed by atoms with E-state index in [-0.39, 0.29) is 34.4 Å². The molecule has 4 atom stereocenters. The van der Waals surface area contributed by atoms with E-state index in [2.05, 4.69) is 41.8 Å². The molecule has 0 aromatic carbocycles. The van der Waals surface area contributed by atoms with Crippen LogP contribution in [-0.4, -0.2) is 82.4 Å². The molecule has 40 heavy (non-hydrogen) atoms. The predicted molar refractivity (Wildman–Crippen MR) is 149 cm³/mol. The number of likely N-dealkylation sites (tertiary alicyclic amines) is 1. The number of ether oxygens (including phenoxy) is 2. The summed E-state index contributed by atoms with van der Waals surface area (Å²) in [6, 6.07) is 2.94. The number of carbonyl (C=O) groups excluding carboxylic acids is 1. The van der Waals surface area contributed by atoms with Crippen molar-refractivity contribution in [3.05, 3.63) is 47.6 Å². The summed E-state index contributed by atoms with van der Waals surface area (Å²) in [5, 5.41) is 3.05. The molecule has 3 aliphatic rings. The second kappa shape index (κ2) is 11.0. The van der Waals surface area contributed by atoms with Crippen LogP contribution in [0.3, 0.4) is 0 Å². The number of amides is 1. The van der Waals surface area contributed by atoms with Crippen molar-refractivity contribution in [2.24, 2.45) is 0 Å². The normalized spacial score (nSPS) is 22.1. The molecule has 0 unspecified atom stereocenters. The van der Waals surface area contributed by atoms with Crippen LogP contribution in [0.2, 0.25) is 0 Å². The number of carbonyl (C=O) groups is 1.